The van der Waals surface area contributed by atoms with Crippen molar-refractivity contribution in [2.24, 2.45) is 0 Å². The van der Waals surface area contributed by atoms with E-state index in [1.807, 2.05) is 23.7 Å². The third-order valence-corrected chi connectivity index (χ3v) is 6.19. The molecule has 0 unspecified atom stereocenters. The highest BCUT2D eigenvalue weighted by Gasteiger charge is 2.24. The number of hydrogen-bond acceptors (Lipinski definition) is 6. The van der Waals surface area contributed by atoms with Crippen molar-refractivity contribution in [3.8, 4) is 5.75 Å². The first-order valence-corrected chi connectivity index (χ1v) is 11.1. The van der Waals surface area contributed by atoms with Crippen LogP contribution in [-0.4, -0.2) is 44.9 Å². The van der Waals surface area contributed by atoms with Crippen molar-refractivity contribution in [1.82, 2.24) is 19.6 Å². The Morgan fingerprint density at radius 2 is 2.06 bits per heavy atom. The summed E-state index contributed by atoms with van der Waals surface area (Å²) in [7, 11) is 0. The van der Waals surface area contributed by atoms with Crippen LogP contribution in [0.3, 0.4) is 0 Å². The van der Waals surface area contributed by atoms with Gasteiger partial charge >= 0.3 is 0 Å². The summed E-state index contributed by atoms with van der Waals surface area (Å²) in [4.78, 5) is 8.64. The Kier molecular flexibility index (Phi) is 5.59. The standard InChI is InChI=1S/C24H29N5O2/c1-16-14-26-29-15-19(18-8-11-30-12-9-18)13-22(24(16)29)31-21-5-3-20(4-6-21)28-23-7-10-25-17(2)27-23/h7-8,10,13-15,20-21H,3-6,9,11-12H2,1-2H3,(H,25,27,28). The fourth-order valence-corrected chi connectivity index (χ4v) is 4.54. The molecule has 7 heteroatoms. The SMILES string of the molecule is Cc1nccc(NC2CCC(Oc3cc(C4=CCOCC4)cn4ncc(C)c34)CC2)n1. The van der Waals surface area contributed by atoms with Crippen molar-refractivity contribution < 1.29 is 9.47 Å². The molecule has 0 atom stereocenters. The van der Waals surface area contributed by atoms with Crippen LogP contribution in [0.1, 0.15) is 49.1 Å². The second-order valence-corrected chi connectivity index (χ2v) is 8.49. The molecule has 3 aromatic rings. The number of nitrogens with zero attached hydrogens (tertiary/aromatic N) is 4. The molecule has 0 spiro atoms. The van der Waals surface area contributed by atoms with E-state index in [2.05, 4.69) is 45.6 Å². The zero-order chi connectivity index (χ0) is 21.2. The summed E-state index contributed by atoms with van der Waals surface area (Å²) in [6.07, 6.45) is 13.3. The second-order valence-electron chi connectivity index (χ2n) is 8.49. The van der Waals surface area contributed by atoms with Crippen LogP contribution in [-0.2, 0) is 4.74 Å². The van der Waals surface area contributed by atoms with Crippen LogP contribution in [0, 0.1) is 13.8 Å². The van der Waals surface area contributed by atoms with Crippen LogP contribution >= 0.6 is 0 Å². The summed E-state index contributed by atoms with van der Waals surface area (Å²) in [6.45, 7) is 5.44. The summed E-state index contributed by atoms with van der Waals surface area (Å²) in [5.74, 6) is 2.63. The highest BCUT2D eigenvalue weighted by atomic mass is 16.5. The Morgan fingerprint density at radius 3 is 2.84 bits per heavy atom. The summed E-state index contributed by atoms with van der Waals surface area (Å²) in [6, 6.07) is 4.55. The Balaban J connectivity index is 1.30. The van der Waals surface area contributed by atoms with Gasteiger partial charge in [0, 0.05) is 18.4 Å². The molecule has 1 aliphatic heterocycles. The molecule has 1 fully saturated rings. The average molecular weight is 420 g/mol. The molecule has 0 amide bonds. The molecule has 162 valence electrons. The molecule has 1 aliphatic carbocycles. The van der Waals surface area contributed by atoms with Gasteiger partial charge in [-0.25, -0.2) is 14.5 Å². The molecule has 1 saturated carbocycles. The summed E-state index contributed by atoms with van der Waals surface area (Å²) in [5.41, 5.74) is 4.67. The third kappa shape index (κ3) is 4.42. The van der Waals surface area contributed by atoms with E-state index in [1.165, 1.54) is 11.1 Å². The van der Waals surface area contributed by atoms with Gasteiger partial charge in [0.05, 0.1) is 25.5 Å². The van der Waals surface area contributed by atoms with Crippen LogP contribution in [0.5, 0.6) is 5.75 Å². The number of nitrogens with one attached hydrogen (secondary N) is 1. The quantitative estimate of drug-likeness (QED) is 0.663. The number of aryl methyl sites for hydroxylation is 2. The van der Waals surface area contributed by atoms with Gasteiger partial charge in [-0.05, 0) is 74.8 Å². The van der Waals surface area contributed by atoms with Gasteiger partial charge < -0.3 is 14.8 Å². The number of hydrogen-bond donors (Lipinski definition) is 1. The van der Waals surface area contributed by atoms with E-state index in [-0.39, 0.29) is 6.10 Å². The van der Waals surface area contributed by atoms with Crippen LogP contribution in [0.25, 0.3) is 11.1 Å². The Bertz CT molecular complexity index is 1100. The molecule has 3 aromatic heterocycles. The Labute approximate surface area is 182 Å². The molecule has 31 heavy (non-hydrogen) atoms. The first kappa shape index (κ1) is 20.0. The predicted octanol–water partition coefficient (Wildman–Crippen LogP) is 4.35. The first-order chi connectivity index (χ1) is 15.2. The maximum absolute atomic E-state index is 6.58. The third-order valence-electron chi connectivity index (χ3n) is 6.19. The van der Waals surface area contributed by atoms with Gasteiger partial charge in [0.2, 0.25) is 0 Å². The number of pyridine rings is 1. The fourth-order valence-electron chi connectivity index (χ4n) is 4.54. The maximum Gasteiger partial charge on any atom is 0.146 e. The summed E-state index contributed by atoms with van der Waals surface area (Å²) < 4.78 is 14.0. The largest absolute Gasteiger partial charge is 0.488 e. The van der Waals surface area contributed by atoms with Crippen molar-refractivity contribution in [1.29, 1.82) is 0 Å². The van der Waals surface area contributed by atoms with Crippen LogP contribution < -0.4 is 10.1 Å². The lowest BCUT2D eigenvalue weighted by Crippen LogP contribution is -2.31. The zero-order valence-corrected chi connectivity index (χ0v) is 18.2. The monoisotopic (exact) mass is 419 g/mol. The Morgan fingerprint density at radius 1 is 1.19 bits per heavy atom. The predicted molar refractivity (Wildman–Crippen MR) is 120 cm³/mol. The molecule has 0 radical (unpaired) electrons. The van der Waals surface area contributed by atoms with Gasteiger partial charge in [0.15, 0.2) is 0 Å². The number of ether oxygens (including phenoxy) is 2. The number of anilines is 1. The maximum atomic E-state index is 6.58. The highest BCUT2D eigenvalue weighted by Crippen LogP contribution is 2.33. The number of fused-ring (bicyclic) bond motifs is 1. The highest BCUT2D eigenvalue weighted by molar-refractivity contribution is 5.73. The molecular weight excluding hydrogens is 390 g/mol. The van der Waals surface area contributed by atoms with Crippen molar-refractivity contribution in [2.75, 3.05) is 18.5 Å². The van der Waals surface area contributed by atoms with Gasteiger partial charge in [-0.2, -0.15) is 5.10 Å². The van der Waals surface area contributed by atoms with E-state index in [1.54, 1.807) is 6.20 Å². The second kappa shape index (κ2) is 8.67. The summed E-state index contributed by atoms with van der Waals surface area (Å²) >= 11 is 0. The molecule has 7 nitrogen and oxygen atoms in total. The van der Waals surface area contributed by atoms with E-state index in [0.717, 1.165) is 67.2 Å². The average Bonchev–Trinajstić information content (AvgIpc) is 3.17. The van der Waals surface area contributed by atoms with Crippen molar-refractivity contribution in [2.45, 2.75) is 58.1 Å². The van der Waals surface area contributed by atoms with Crippen molar-refractivity contribution in [3.05, 3.63) is 53.8 Å². The van der Waals surface area contributed by atoms with E-state index < -0.39 is 0 Å². The van der Waals surface area contributed by atoms with Gasteiger partial charge in [0.25, 0.3) is 0 Å². The summed E-state index contributed by atoms with van der Waals surface area (Å²) in [5, 5.41) is 8.10. The van der Waals surface area contributed by atoms with Crippen molar-refractivity contribution >= 4 is 16.9 Å². The molecule has 4 heterocycles. The smallest absolute Gasteiger partial charge is 0.146 e. The minimum absolute atomic E-state index is 0.210. The minimum atomic E-state index is 0.210. The molecule has 5 rings (SSSR count). The van der Waals surface area contributed by atoms with Gasteiger partial charge in [0.1, 0.15) is 22.9 Å². The lowest BCUT2D eigenvalue weighted by Gasteiger charge is -2.30. The zero-order valence-electron chi connectivity index (χ0n) is 18.2. The Hall–Kier alpha value is -2.93. The topological polar surface area (TPSA) is 73.6 Å². The molecule has 1 N–H and O–H groups in total. The minimum Gasteiger partial charge on any atom is -0.488 e. The van der Waals surface area contributed by atoms with Gasteiger partial charge in [-0.3, -0.25) is 0 Å². The normalized spacial score (nSPS) is 21.7. The van der Waals surface area contributed by atoms with Crippen molar-refractivity contribution in [3.63, 3.8) is 0 Å². The van der Waals surface area contributed by atoms with Crippen LogP contribution in [0.4, 0.5) is 5.82 Å². The van der Waals surface area contributed by atoms with Gasteiger partial charge in [-0.15, -0.1) is 0 Å². The van der Waals surface area contributed by atoms with Crippen LogP contribution in [0.2, 0.25) is 0 Å². The van der Waals surface area contributed by atoms with Gasteiger partial charge in [-0.1, -0.05) is 6.08 Å². The van der Waals surface area contributed by atoms with E-state index in [4.69, 9.17) is 9.47 Å². The molecule has 2 aliphatic rings. The molecular formula is C24H29N5O2. The number of aromatic nitrogens is 4. The molecule has 0 saturated heterocycles. The lowest BCUT2D eigenvalue weighted by atomic mass is 9.93. The van der Waals surface area contributed by atoms with E-state index in [0.29, 0.717) is 12.6 Å². The number of rotatable bonds is 5. The van der Waals surface area contributed by atoms with Crippen LogP contribution in [0.15, 0.2) is 36.8 Å². The fraction of sp³-hybridized carbons (Fsp3) is 0.458. The molecule has 0 aromatic carbocycles. The lowest BCUT2D eigenvalue weighted by molar-refractivity contribution is 0.151. The van der Waals surface area contributed by atoms with E-state index in [9.17, 15) is 0 Å². The first-order valence-electron chi connectivity index (χ1n) is 11.1. The molecule has 0 bridgehead atoms. The van der Waals surface area contributed by atoms with E-state index >= 15 is 0 Å².